The molecule has 0 saturated carbocycles. The first-order valence-electron chi connectivity index (χ1n) is 11.5. The number of pyridine rings is 1. The Kier molecular flexibility index (Phi) is 11.0. The predicted octanol–water partition coefficient (Wildman–Crippen LogP) is 2.07. The molecule has 0 N–H and O–H groups in total. The van der Waals surface area contributed by atoms with Gasteiger partial charge in [0, 0.05) is 0 Å². The fraction of sp³-hybridized carbons (Fsp3) is 0.333. The number of amides is 1. The fourth-order valence-corrected chi connectivity index (χ4v) is 5.57. The van der Waals surface area contributed by atoms with Gasteiger partial charge in [-0.2, -0.15) is 5.26 Å². The molecule has 0 unspecified atom stereocenters. The monoisotopic (exact) mass is 556 g/mol. The minimum Gasteiger partial charge on any atom is -0.0534 e. The van der Waals surface area contributed by atoms with E-state index in [1.54, 1.807) is 12.3 Å². The third-order valence-electron chi connectivity index (χ3n) is 5.04. The van der Waals surface area contributed by atoms with E-state index in [-0.39, 0.29) is 5.91 Å². The van der Waals surface area contributed by atoms with Gasteiger partial charge in [0.05, 0.1) is 11.6 Å². The van der Waals surface area contributed by atoms with Crippen LogP contribution >= 0.6 is 0 Å². The summed E-state index contributed by atoms with van der Waals surface area (Å²) in [5.74, 6) is -0.0135. The van der Waals surface area contributed by atoms with Gasteiger partial charge in [0.2, 0.25) is 0 Å². The Morgan fingerprint density at radius 3 is 2.48 bits per heavy atom. The molecule has 2 aromatic rings. The van der Waals surface area contributed by atoms with E-state index in [0.29, 0.717) is 28.9 Å². The molecular formula is C27H31IN3O2-. The number of aromatic nitrogens is 1. The first kappa shape index (κ1) is 26.5. The number of hydrogen-bond donors (Lipinski definition) is 0. The van der Waals surface area contributed by atoms with Crippen LogP contribution in [0.3, 0.4) is 0 Å². The molecule has 2 aliphatic rings. The summed E-state index contributed by atoms with van der Waals surface area (Å²) in [7, 11) is 0. The predicted molar refractivity (Wildman–Crippen MR) is 128 cm³/mol. The number of aryl methyl sites for hydroxylation is 1. The van der Waals surface area contributed by atoms with Crippen LogP contribution in [-0.4, -0.2) is 32.7 Å². The maximum Gasteiger partial charge on any atom is -0.0438 e. The summed E-state index contributed by atoms with van der Waals surface area (Å²) in [6.07, 6.45) is 9.42. The molecule has 4 rings (SSSR count). The van der Waals surface area contributed by atoms with Gasteiger partial charge in [0.1, 0.15) is 0 Å². The second-order valence-corrected chi connectivity index (χ2v) is 9.72. The molecule has 0 aliphatic carbocycles. The zero-order chi connectivity index (χ0) is 24.2. The molecule has 0 fully saturated rings. The number of hydrogen-bond acceptors (Lipinski definition) is 4. The third kappa shape index (κ3) is 7.36. The largest absolute Gasteiger partial charge is 0.0534 e. The summed E-state index contributed by atoms with van der Waals surface area (Å²) >= 11 is -0.613. The van der Waals surface area contributed by atoms with Crippen LogP contribution in [0.4, 0.5) is 0 Å². The van der Waals surface area contributed by atoms with Gasteiger partial charge in [-0.3, -0.25) is 0 Å². The van der Waals surface area contributed by atoms with Gasteiger partial charge in [-0.15, -0.1) is 0 Å². The normalized spacial score (nSPS) is 14.9. The van der Waals surface area contributed by atoms with E-state index in [9.17, 15) is 9.59 Å². The van der Waals surface area contributed by atoms with Crippen LogP contribution in [0.5, 0.6) is 0 Å². The topological polar surface area (TPSA) is 74.1 Å². The smallest absolute Gasteiger partial charge is 0.0438 e. The van der Waals surface area contributed by atoms with Gasteiger partial charge >= 0.3 is 139 Å². The first-order chi connectivity index (χ1) is 16.1. The number of benzene rings is 1. The number of fused-ring (bicyclic) bond motifs is 1. The fourth-order valence-electron chi connectivity index (χ4n) is 3.41. The number of rotatable bonds is 3. The first-order valence-corrected chi connectivity index (χ1v) is 13.6. The number of carbonyl (C=O) groups excluding carboxylic acids is 2. The van der Waals surface area contributed by atoms with Gasteiger partial charge in [-0.1, -0.05) is 39.8 Å². The number of nitriles is 1. The van der Waals surface area contributed by atoms with Gasteiger partial charge in [0.25, 0.3) is 0 Å². The molecule has 174 valence electrons. The average Bonchev–Trinajstić information content (AvgIpc) is 2.89. The molecular weight excluding hydrogens is 525 g/mol. The van der Waals surface area contributed by atoms with E-state index in [2.05, 4.69) is 23.2 Å². The second-order valence-electron chi connectivity index (χ2n) is 6.95. The van der Waals surface area contributed by atoms with Gasteiger partial charge in [0.15, 0.2) is 0 Å². The Labute approximate surface area is 207 Å². The van der Waals surface area contributed by atoms with E-state index in [0.717, 1.165) is 33.2 Å². The van der Waals surface area contributed by atoms with Crippen LogP contribution in [0.25, 0.3) is 11.6 Å². The van der Waals surface area contributed by atoms with Crippen molar-refractivity contribution in [2.24, 2.45) is 0 Å². The molecule has 5 nitrogen and oxygen atoms in total. The minimum atomic E-state index is -0.613. The molecule has 6 heteroatoms. The Hall–Kier alpha value is -2.79. The van der Waals surface area contributed by atoms with Crippen LogP contribution in [0.1, 0.15) is 62.8 Å². The van der Waals surface area contributed by atoms with Gasteiger partial charge in [-0.25, -0.2) is 0 Å². The molecule has 0 atom stereocenters. The Balaban J connectivity index is 0.000000914. The van der Waals surface area contributed by atoms with Crippen LogP contribution in [-0.2, 0) is 16.0 Å². The summed E-state index contributed by atoms with van der Waals surface area (Å²) < 4.78 is 1.32. The maximum absolute atomic E-state index is 12.5. The van der Waals surface area contributed by atoms with E-state index in [1.165, 1.54) is 5.57 Å². The quantitative estimate of drug-likeness (QED) is 0.251. The van der Waals surface area contributed by atoms with E-state index < -0.39 is 21.2 Å². The standard InChI is InChI=1S/C23H19IN3O2.2C2H6/c25-14-16-1-4-18(5-2-16)19-9-11-27(12-10-19)22(29)8-3-17-13-20-6-7-21(28)24-23(20)26-15-17;2*1-2/h1-5,8-9,13,15H,6-7,10-12H2;2*1-2H3/q-1;;/b8-3+;;. The van der Waals surface area contributed by atoms with Crippen LogP contribution in [0.15, 0.2) is 48.7 Å². The van der Waals surface area contributed by atoms with Gasteiger partial charge in [-0.05, 0) is 12.1 Å². The molecule has 0 saturated heterocycles. The molecule has 1 amide bonds. The summed E-state index contributed by atoms with van der Waals surface area (Å²) in [5.41, 5.74) is 5.02. The molecule has 2 aliphatic heterocycles. The van der Waals surface area contributed by atoms with Crippen molar-refractivity contribution >= 4 is 21.3 Å². The molecule has 33 heavy (non-hydrogen) atoms. The summed E-state index contributed by atoms with van der Waals surface area (Å²) in [5, 5.41) is 8.91. The molecule has 0 radical (unpaired) electrons. The van der Waals surface area contributed by atoms with E-state index in [4.69, 9.17) is 5.26 Å². The maximum atomic E-state index is 12.5. The zero-order valence-electron chi connectivity index (χ0n) is 19.8. The molecule has 3 heterocycles. The Bertz CT molecular complexity index is 1070. The average molecular weight is 556 g/mol. The van der Waals surface area contributed by atoms with Crippen molar-refractivity contribution in [3.8, 4) is 6.07 Å². The molecule has 1 aromatic heterocycles. The van der Waals surface area contributed by atoms with E-state index in [1.807, 2.05) is 62.9 Å². The number of nitrogens with zero attached hydrogens (tertiary/aromatic N) is 3. The van der Waals surface area contributed by atoms with E-state index >= 15 is 0 Å². The SMILES string of the molecule is CC.CC.N#Cc1ccc(C2=CCN(C(=O)/C=C/c3cnc4c(c3)CCC(=O)[I-]4)CC2)cc1. The second kappa shape index (κ2) is 13.7. The van der Waals surface area contributed by atoms with Crippen molar-refractivity contribution < 1.29 is 30.8 Å². The summed E-state index contributed by atoms with van der Waals surface area (Å²) in [6.45, 7) is 9.25. The van der Waals surface area contributed by atoms with Crippen molar-refractivity contribution in [1.82, 2.24) is 9.88 Å². The van der Waals surface area contributed by atoms with Crippen molar-refractivity contribution in [2.75, 3.05) is 13.1 Å². The van der Waals surface area contributed by atoms with Crippen LogP contribution in [0.2, 0.25) is 0 Å². The van der Waals surface area contributed by atoms with Gasteiger partial charge < -0.3 is 0 Å². The van der Waals surface area contributed by atoms with Crippen molar-refractivity contribution in [2.45, 2.75) is 47.0 Å². The zero-order valence-corrected chi connectivity index (χ0v) is 21.9. The Morgan fingerprint density at radius 2 is 1.85 bits per heavy atom. The van der Waals surface area contributed by atoms with Crippen LogP contribution < -0.4 is 21.2 Å². The number of carbonyl (C=O) groups is 2. The number of halogens is 1. The molecule has 0 bridgehead atoms. The molecule has 0 spiro atoms. The summed E-state index contributed by atoms with van der Waals surface area (Å²) in [4.78, 5) is 30.4. The van der Waals surface area contributed by atoms with Crippen LogP contribution in [0, 0.1) is 15.0 Å². The molecule has 1 aromatic carbocycles. The Morgan fingerprint density at radius 1 is 1.12 bits per heavy atom. The summed E-state index contributed by atoms with van der Waals surface area (Å²) in [6, 6.07) is 11.7. The van der Waals surface area contributed by atoms with Crippen molar-refractivity contribution in [3.63, 3.8) is 0 Å². The third-order valence-corrected chi connectivity index (χ3v) is 7.67. The van der Waals surface area contributed by atoms with Crippen molar-refractivity contribution in [3.05, 3.63) is 74.6 Å². The van der Waals surface area contributed by atoms with Crippen molar-refractivity contribution in [1.29, 1.82) is 5.26 Å². The minimum absolute atomic E-state index is 0.0135.